The molecule has 0 aromatic rings. The van der Waals surface area contributed by atoms with Crippen molar-refractivity contribution in [3.05, 3.63) is 26.7 Å². The molecule has 8 nitrogen and oxygen atoms in total. The van der Waals surface area contributed by atoms with Crippen LogP contribution in [0.3, 0.4) is 0 Å². The van der Waals surface area contributed by atoms with Crippen LogP contribution in [0.1, 0.15) is 20.3 Å². The fraction of sp³-hybridized carbons (Fsp3) is 0.778. The molecule has 0 aliphatic heterocycles. The van der Waals surface area contributed by atoms with E-state index in [2.05, 4.69) is 9.90 Å². The summed E-state index contributed by atoms with van der Waals surface area (Å²) in [5.41, 5.74) is 0.444. The summed E-state index contributed by atoms with van der Waals surface area (Å²) in [4.78, 5) is 20.7. The molecule has 0 saturated carbocycles. The number of sulfonamides is 1. The monoisotopic (exact) mass is 279 g/mol. The van der Waals surface area contributed by atoms with Gasteiger partial charge in [0.25, 0.3) is 0 Å². The Kier molecular flexibility index (Phi) is 6.63. The van der Waals surface area contributed by atoms with Gasteiger partial charge in [0, 0.05) is 24.0 Å². The van der Waals surface area contributed by atoms with Crippen LogP contribution in [0.4, 0.5) is 0 Å². The summed E-state index contributed by atoms with van der Waals surface area (Å²) in [7, 11) is -3.42. The molecule has 0 aromatic carbocycles. The first-order valence-corrected chi connectivity index (χ1v) is 7.21. The van der Waals surface area contributed by atoms with Crippen LogP contribution in [0, 0.1) is 15.0 Å². The third-order valence-corrected chi connectivity index (χ3v) is 3.05. The van der Waals surface area contributed by atoms with E-state index in [0.29, 0.717) is 12.0 Å². The van der Waals surface area contributed by atoms with E-state index < -0.39 is 27.0 Å². The van der Waals surface area contributed by atoms with Crippen molar-refractivity contribution >= 4 is 10.0 Å². The average molecular weight is 279 g/mol. The van der Waals surface area contributed by atoms with E-state index in [4.69, 9.17) is 0 Å². The normalized spacial score (nSPS) is 16.1. The Labute approximate surface area is 106 Å². The lowest BCUT2D eigenvalue weighted by Gasteiger charge is -2.10. The number of nitrogens with zero attached hydrogens (tertiary/aromatic N) is 2. The van der Waals surface area contributed by atoms with Gasteiger partial charge in [-0.2, -0.15) is 4.91 Å². The Morgan fingerprint density at radius 1 is 1.56 bits per heavy atom. The second-order valence-corrected chi connectivity index (χ2v) is 5.68. The molecule has 0 aliphatic rings. The van der Waals surface area contributed by atoms with Gasteiger partial charge in [0.1, 0.15) is 6.04 Å². The highest BCUT2D eigenvalue weighted by Gasteiger charge is 2.20. The quantitative estimate of drug-likeness (QED) is 0.303. The number of nitroso groups, excluding NO2 is 1. The van der Waals surface area contributed by atoms with Crippen LogP contribution in [0.5, 0.6) is 0 Å². The summed E-state index contributed by atoms with van der Waals surface area (Å²) in [6, 6.07) is -1.87. The van der Waals surface area contributed by atoms with E-state index in [-0.39, 0.29) is 6.54 Å². The smallest absolute Gasteiger partial charge is 0.231 e. The van der Waals surface area contributed by atoms with E-state index in [1.807, 2.05) is 0 Å². The minimum Gasteiger partial charge on any atom is -0.264 e. The van der Waals surface area contributed by atoms with E-state index in [1.54, 1.807) is 6.92 Å². The van der Waals surface area contributed by atoms with Crippen LogP contribution >= 0.6 is 0 Å². The summed E-state index contributed by atoms with van der Waals surface area (Å²) >= 11 is 0. The fourth-order valence-corrected chi connectivity index (χ4v) is 1.77. The molecular formula is C9H17N3O5S. The molecule has 0 amide bonds. The SMILES string of the molecule is CCC(=CC(CNS(C)(=O)=O)N=O)C(C)[N+](=O)[O-]. The largest absolute Gasteiger partial charge is 0.264 e. The third kappa shape index (κ3) is 6.40. The Morgan fingerprint density at radius 2 is 2.11 bits per heavy atom. The molecule has 104 valence electrons. The van der Waals surface area contributed by atoms with Crippen molar-refractivity contribution in [2.45, 2.75) is 32.4 Å². The molecule has 18 heavy (non-hydrogen) atoms. The van der Waals surface area contributed by atoms with E-state index in [1.165, 1.54) is 13.0 Å². The van der Waals surface area contributed by atoms with Crippen molar-refractivity contribution in [2.75, 3.05) is 12.8 Å². The van der Waals surface area contributed by atoms with Gasteiger partial charge in [-0.05, 0) is 12.5 Å². The van der Waals surface area contributed by atoms with Crippen LogP contribution in [0.2, 0.25) is 0 Å². The van der Waals surface area contributed by atoms with Crippen molar-refractivity contribution in [1.29, 1.82) is 0 Å². The molecule has 0 heterocycles. The maximum absolute atomic E-state index is 10.9. The molecule has 0 radical (unpaired) electrons. The highest BCUT2D eigenvalue weighted by atomic mass is 32.2. The maximum Gasteiger partial charge on any atom is 0.231 e. The topological polar surface area (TPSA) is 119 Å². The first-order chi connectivity index (χ1) is 8.21. The van der Waals surface area contributed by atoms with Crippen LogP contribution in [0.15, 0.2) is 16.8 Å². The van der Waals surface area contributed by atoms with Gasteiger partial charge >= 0.3 is 0 Å². The molecule has 0 aliphatic carbocycles. The lowest BCUT2D eigenvalue weighted by Crippen LogP contribution is -2.30. The van der Waals surface area contributed by atoms with Gasteiger partial charge in [0.2, 0.25) is 16.1 Å². The summed E-state index contributed by atoms with van der Waals surface area (Å²) in [6.07, 6.45) is 2.70. The average Bonchev–Trinajstić information content (AvgIpc) is 2.27. The second-order valence-electron chi connectivity index (χ2n) is 3.85. The number of rotatable bonds is 8. The summed E-state index contributed by atoms with van der Waals surface area (Å²) in [5, 5.41) is 13.4. The number of hydrogen-bond acceptors (Lipinski definition) is 6. The van der Waals surface area contributed by atoms with Gasteiger partial charge in [0.05, 0.1) is 6.26 Å². The van der Waals surface area contributed by atoms with Gasteiger partial charge in [-0.25, -0.2) is 13.1 Å². The van der Waals surface area contributed by atoms with Crippen molar-refractivity contribution in [1.82, 2.24) is 4.72 Å². The van der Waals surface area contributed by atoms with Crippen LogP contribution in [-0.2, 0) is 10.0 Å². The van der Waals surface area contributed by atoms with E-state index >= 15 is 0 Å². The van der Waals surface area contributed by atoms with E-state index in [0.717, 1.165) is 6.26 Å². The summed E-state index contributed by atoms with van der Waals surface area (Å²) < 4.78 is 23.9. The molecule has 0 bridgehead atoms. The molecule has 0 spiro atoms. The standard InChI is InChI=1S/C9H17N3O5S/c1-4-8(7(2)12(14)15)5-9(11-13)6-10-18(3,16)17/h5,7,9-10H,4,6H2,1-3H3. The van der Waals surface area contributed by atoms with Crippen LogP contribution in [-0.4, -0.2) is 38.2 Å². The highest BCUT2D eigenvalue weighted by Crippen LogP contribution is 2.12. The lowest BCUT2D eigenvalue weighted by atomic mass is 10.0. The zero-order valence-corrected chi connectivity index (χ0v) is 11.3. The number of nitrogens with one attached hydrogen (secondary N) is 1. The molecule has 0 rings (SSSR count). The molecule has 1 N–H and O–H groups in total. The number of hydrogen-bond donors (Lipinski definition) is 1. The molecule has 0 saturated heterocycles. The first kappa shape index (κ1) is 16.6. The predicted molar refractivity (Wildman–Crippen MR) is 67.3 cm³/mol. The highest BCUT2D eigenvalue weighted by molar-refractivity contribution is 7.88. The van der Waals surface area contributed by atoms with Crippen molar-refractivity contribution in [3.8, 4) is 0 Å². The van der Waals surface area contributed by atoms with Gasteiger partial charge < -0.3 is 0 Å². The Balaban J connectivity index is 4.84. The van der Waals surface area contributed by atoms with Crippen molar-refractivity contribution in [3.63, 3.8) is 0 Å². The zero-order valence-electron chi connectivity index (χ0n) is 10.5. The Morgan fingerprint density at radius 3 is 2.44 bits per heavy atom. The molecule has 9 heteroatoms. The predicted octanol–water partition coefficient (Wildman–Crippen LogP) is 0.672. The Hall–Kier alpha value is -1.35. The van der Waals surface area contributed by atoms with Crippen molar-refractivity contribution < 1.29 is 13.3 Å². The van der Waals surface area contributed by atoms with Crippen LogP contribution < -0.4 is 4.72 Å². The lowest BCUT2D eigenvalue weighted by molar-refractivity contribution is -0.508. The van der Waals surface area contributed by atoms with Gasteiger partial charge in [-0.1, -0.05) is 12.1 Å². The second kappa shape index (κ2) is 7.17. The fourth-order valence-electron chi connectivity index (χ4n) is 1.30. The van der Waals surface area contributed by atoms with Gasteiger partial charge in [-0.15, -0.1) is 0 Å². The molecule has 2 unspecified atom stereocenters. The molecule has 2 atom stereocenters. The molecule has 0 aromatic heterocycles. The minimum atomic E-state index is -3.42. The molecule has 0 fully saturated rings. The Bertz CT molecular complexity index is 431. The van der Waals surface area contributed by atoms with Gasteiger partial charge in [0.15, 0.2) is 0 Å². The zero-order chi connectivity index (χ0) is 14.3. The van der Waals surface area contributed by atoms with E-state index in [9.17, 15) is 23.4 Å². The first-order valence-electron chi connectivity index (χ1n) is 5.32. The summed E-state index contributed by atoms with van der Waals surface area (Å²) in [5.74, 6) is 0. The third-order valence-electron chi connectivity index (χ3n) is 2.36. The maximum atomic E-state index is 10.9. The molecular weight excluding hydrogens is 262 g/mol. The summed E-state index contributed by atoms with van der Waals surface area (Å²) in [6.45, 7) is 2.93. The minimum absolute atomic E-state index is 0.198. The van der Waals surface area contributed by atoms with Crippen LogP contribution in [0.25, 0.3) is 0 Å². The number of nitro groups is 1. The van der Waals surface area contributed by atoms with Crippen molar-refractivity contribution in [2.24, 2.45) is 5.18 Å². The van der Waals surface area contributed by atoms with Gasteiger partial charge in [-0.3, -0.25) is 10.1 Å².